The van der Waals surface area contributed by atoms with Crippen molar-refractivity contribution in [3.63, 3.8) is 0 Å². The van der Waals surface area contributed by atoms with E-state index in [4.69, 9.17) is 21.1 Å². The summed E-state index contributed by atoms with van der Waals surface area (Å²) in [4.78, 5) is 1.15. The van der Waals surface area contributed by atoms with Crippen LogP contribution in [0, 0.1) is 0 Å². The zero-order valence-electron chi connectivity index (χ0n) is 19.0. The van der Waals surface area contributed by atoms with Gasteiger partial charge < -0.3 is 9.47 Å². The summed E-state index contributed by atoms with van der Waals surface area (Å²) in [5.74, 6) is 2.63. The molecule has 2 aliphatic heterocycles. The smallest absolute Gasteiger partial charge is 0.389 e. The van der Waals surface area contributed by atoms with Crippen LogP contribution in [0.5, 0.6) is 5.75 Å². The number of hydrogen-bond donors (Lipinski definition) is 0. The lowest BCUT2D eigenvalue weighted by atomic mass is 10.0. The van der Waals surface area contributed by atoms with Gasteiger partial charge in [0.05, 0.1) is 7.11 Å². The van der Waals surface area contributed by atoms with Crippen molar-refractivity contribution in [3.05, 3.63) is 106 Å². The number of benzene rings is 3. The van der Waals surface area contributed by atoms with Crippen LogP contribution in [0.25, 0.3) is 11.3 Å². The van der Waals surface area contributed by atoms with Gasteiger partial charge in [-0.3, -0.25) is 0 Å². The number of ether oxygens (including phenoxy) is 2. The number of allylic oxidation sites excluding steroid dienone is 2. The molecule has 0 bridgehead atoms. The van der Waals surface area contributed by atoms with E-state index in [-0.39, 0.29) is 4.87 Å². The van der Waals surface area contributed by atoms with E-state index in [0.29, 0.717) is 0 Å². The molecule has 170 valence electrons. The van der Waals surface area contributed by atoms with Crippen LogP contribution in [0.1, 0.15) is 36.8 Å². The van der Waals surface area contributed by atoms with Crippen molar-refractivity contribution < 1.29 is 14.0 Å². The molecule has 6 rings (SSSR count). The molecule has 1 saturated carbocycles. The van der Waals surface area contributed by atoms with Crippen LogP contribution in [0.2, 0.25) is 5.02 Å². The van der Waals surface area contributed by atoms with Crippen molar-refractivity contribution in [2.75, 3.05) is 7.11 Å². The molecule has 3 aliphatic rings. The molecule has 2 heterocycles. The number of thioether (sulfide) groups is 1. The standard InChI is InChI=1S/C29H25ClNO2S/c1-32-24-15-9-20(10-16-24)25-19-26(21-7-3-2-4-8-21)33-28-27(25)34-29(17-5-6-18-29)31(28)23-13-11-22(30)12-14-23/h2-4,7-16,19H,5-6,17-18H2,1H3/q+1. The average molecular weight is 487 g/mol. The first-order valence-corrected chi connectivity index (χ1v) is 12.8. The molecule has 0 amide bonds. The Balaban J connectivity index is 1.59. The number of nitrogens with zero attached hydrogens (tertiary/aromatic N) is 1. The van der Waals surface area contributed by atoms with Crippen LogP contribution < -0.4 is 4.74 Å². The van der Waals surface area contributed by atoms with Gasteiger partial charge in [-0.2, -0.15) is 0 Å². The Morgan fingerprint density at radius 1 is 0.882 bits per heavy atom. The zero-order chi connectivity index (χ0) is 23.1. The van der Waals surface area contributed by atoms with Gasteiger partial charge in [0.1, 0.15) is 16.4 Å². The Morgan fingerprint density at radius 3 is 2.26 bits per heavy atom. The minimum atomic E-state index is -0.0454. The number of hydrogen-bond acceptors (Lipinski definition) is 3. The first kappa shape index (κ1) is 21.6. The van der Waals surface area contributed by atoms with E-state index < -0.39 is 0 Å². The van der Waals surface area contributed by atoms with Crippen molar-refractivity contribution in [2.45, 2.75) is 30.6 Å². The molecule has 0 aromatic heterocycles. The highest BCUT2D eigenvalue weighted by molar-refractivity contribution is 8.05. The maximum atomic E-state index is 6.74. The predicted molar refractivity (Wildman–Crippen MR) is 141 cm³/mol. The molecule has 0 unspecified atom stereocenters. The monoisotopic (exact) mass is 486 g/mol. The summed E-state index contributed by atoms with van der Waals surface area (Å²) in [6.45, 7) is 0. The van der Waals surface area contributed by atoms with E-state index >= 15 is 0 Å². The summed E-state index contributed by atoms with van der Waals surface area (Å²) in [5, 5.41) is 0.741. The van der Waals surface area contributed by atoms with E-state index in [9.17, 15) is 0 Å². The topological polar surface area (TPSA) is 21.5 Å². The first-order chi connectivity index (χ1) is 16.7. The summed E-state index contributed by atoms with van der Waals surface area (Å²) >= 11 is 8.20. The molecule has 0 atom stereocenters. The second-order valence-corrected chi connectivity index (χ2v) is 10.6. The molecular weight excluding hydrogens is 462 g/mol. The Kier molecular flexibility index (Phi) is 5.51. The lowest BCUT2D eigenvalue weighted by Crippen LogP contribution is -2.32. The van der Waals surface area contributed by atoms with Gasteiger partial charge in [-0.1, -0.05) is 54.1 Å². The third-order valence-corrected chi connectivity index (χ3v) is 8.57. The average Bonchev–Trinajstić information content (AvgIpc) is 3.48. The summed E-state index contributed by atoms with van der Waals surface area (Å²) in [7, 11) is 1.70. The summed E-state index contributed by atoms with van der Waals surface area (Å²) < 4.78 is 14.6. The second kappa shape index (κ2) is 8.68. The maximum Gasteiger partial charge on any atom is 0.389 e. The highest BCUT2D eigenvalue weighted by atomic mass is 35.5. The number of methoxy groups -OCH3 is 1. The van der Waals surface area contributed by atoms with Gasteiger partial charge in [0.15, 0.2) is 0 Å². The zero-order valence-corrected chi connectivity index (χ0v) is 20.5. The molecule has 1 spiro atoms. The summed E-state index contributed by atoms with van der Waals surface area (Å²) in [6, 6.07) is 26.8. The van der Waals surface area contributed by atoms with Crippen LogP contribution in [-0.2, 0) is 4.74 Å². The van der Waals surface area contributed by atoms with Crippen molar-refractivity contribution in [3.8, 4) is 5.75 Å². The fourth-order valence-corrected chi connectivity index (χ4v) is 6.87. The van der Waals surface area contributed by atoms with E-state index in [0.717, 1.165) is 52.1 Å². The second-order valence-electron chi connectivity index (χ2n) is 8.82. The highest BCUT2D eigenvalue weighted by Gasteiger charge is 2.57. The van der Waals surface area contributed by atoms with Gasteiger partial charge in [-0.05, 0) is 60.5 Å². The Labute approximate surface area is 209 Å². The van der Waals surface area contributed by atoms with Gasteiger partial charge in [0, 0.05) is 41.1 Å². The fraction of sp³-hybridized carbons (Fsp3) is 0.207. The van der Waals surface area contributed by atoms with E-state index in [1.54, 1.807) is 7.11 Å². The molecule has 1 fully saturated rings. The largest absolute Gasteiger partial charge is 0.497 e. The Bertz CT molecular complexity index is 1320. The Morgan fingerprint density at radius 2 is 1.59 bits per heavy atom. The first-order valence-electron chi connectivity index (χ1n) is 11.6. The molecule has 3 aromatic rings. The lowest BCUT2D eigenvalue weighted by Gasteiger charge is -2.19. The lowest BCUT2D eigenvalue weighted by molar-refractivity contribution is -0.503. The molecule has 3 aromatic carbocycles. The van der Waals surface area contributed by atoms with Gasteiger partial charge in [-0.25, -0.2) is 0 Å². The third-order valence-electron chi connectivity index (χ3n) is 6.75. The number of rotatable bonds is 4. The minimum Gasteiger partial charge on any atom is -0.497 e. The molecule has 0 radical (unpaired) electrons. The molecule has 0 saturated heterocycles. The van der Waals surface area contributed by atoms with Gasteiger partial charge in [-0.15, -0.1) is 4.58 Å². The SMILES string of the molecule is COc1ccc(C2=C3SC4(CCCC4)[N+](c4ccc(Cl)cc4)=C3OC(c3ccccc3)=C2)cc1. The molecular formula is C29H25ClNO2S+. The minimum absolute atomic E-state index is 0.0454. The summed E-state index contributed by atoms with van der Waals surface area (Å²) in [6.07, 6.45) is 6.86. The highest BCUT2D eigenvalue weighted by Crippen LogP contribution is 2.56. The van der Waals surface area contributed by atoms with Crippen LogP contribution in [0.4, 0.5) is 5.69 Å². The quantitative estimate of drug-likeness (QED) is 0.350. The van der Waals surface area contributed by atoms with Crippen molar-refractivity contribution in [1.82, 2.24) is 0 Å². The van der Waals surface area contributed by atoms with Crippen LogP contribution in [0.15, 0.2) is 89.8 Å². The third kappa shape index (κ3) is 3.66. The Hall–Kier alpha value is -2.95. The normalized spacial score (nSPS) is 18.7. The van der Waals surface area contributed by atoms with Gasteiger partial charge >= 0.3 is 5.90 Å². The van der Waals surface area contributed by atoms with Crippen LogP contribution in [0.3, 0.4) is 0 Å². The van der Waals surface area contributed by atoms with Crippen LogP contribution in [-0.4, -0.2) is 22.5 Å². The van der Waals surface area contributed by atoms with Crippen molar-refractivity contribution in [2.24, 2.45) is 0 Å². The molecule has 1 aliphatic carbocycles. The van der Waals surface area contributed by atoms with Crippen molar-refractivity contribution in [1.29, 1.82) is 0 Å². The van der Waals surface area contributed by atoms with E-state index in [1.165, 1.54) is 23.3 Å². The van der Waals surface area contributed by atoms with E-state index in [2.05, 4.69) is 59.2 Å². The molecule has 0 N–H and O–H groups in total. The number of halogens is 1. The molecule has 34 heavy (non-hydrogen) atoms. The van der Waals surface area contributed by atoms with Gasteiger partial charge in [0.2, 0.25) is 10.6 Å². The maximum absolute atomic E-state index is 6.74. The predicted octanol–water partition coefficient (Wildman–Crippen LogP) is 7.89. The summed E-state index contributed by atoms with van der Waals surface area (Å²) in [5.41, 5.74) is 4.53. The molecule has 3 nitrogen and oxygen atoms in total. The van der Waals surface area contributed by atoms with Gasteiger partial charge in [0.25, 0.3) is 0 Å². The van der Waals surface area contributed by atoms with E-state index in [1.807, 2.05) is 42.1 Å². The fourth-order valence-electron chi connectivity index (χ4n) is 5.08. The van der Waals surface area contributed by atoms with Crippen molar-refractivity contribution >= 4 is 46.3 Å². The molecule has 5 heteroatoms. The number of fused-ring (bicyclic) bond motifs is 1. The van der Waals surface area contributed by atoms with Crippen LogP contribution >= 0.6 is 23.4 Å².